The molecule has 0 N–H and O–H groups in total. The van der Waals surface area contributed by atoms with Gasteiger partial charge in [-0.05, 0) is 37.9 Å². The monoisotopic (exact) mass is 269 g/mol. The van der Waals surface area contributed by atoms with Crippen LogP contribution in [0.2, 0.25) is 5.02 Å². The van der Waals surface area contributed by atoms with Crippen LogP contribution in [0, 0.1) is 0 Å². The van der Waals surface area contributed by atoms with Crippen LogP contribution >= 0.6 is 43.5 Å². The highest BCUT2D eigenvalue weighted by Crippen LogP contribution is 2.23. The van der Waals surface area contributed by atoms with E-state index in [1.165, 1.54) is 0 Å². The van der Waals surface area contributed by atoms with Crippen molar-refractivity contribution in [3.05, 3.63) is 26.4 Å². The van der Waals surface area contributed by atoms with Crippen molar-refractivity contribution >= 4 is 43.5 Å². The van der Waals surface area contributed by atoms with Crippen molar-refractivity contribution in [2.45, 2.75) is 0 Å². The average molecular weight is 271 g/mol. The second-order valence-corrected chi connectivity index (χ2v) is 3.50. The number of hydrogen-bond donors (Lipinski definition) is 0. The van der Waals surface area contributed by atoms with Crippen molar-refractivity contribution in [3.8, 4) is 0 Å². The van der Waals surface area contributed by atoms with Crippen LogP contribution in [0.1, 0.15) is 0 Å². The summed E-state index contributed by atoms with van der Waals surface area (Å²) in [5.74, 6) is 0. The van der Waals surface area contributed by atoms with Gasteiger partial charge in [-0.25, -0.2) is 4.98 Å². The molecule has 0 unspecified atom stereocenters. The third-order valence-electron chi connectivity index (χ3n) is 0.775. The molecule has 0 radical (unpaired) electrons. The summed E-state index contributed by atoms with van der Waals surface area (Å²) < 4.78 is 1.56. The van der Waals surface area contributed by atoms with Crippen molar-refractivity contribution in [1.82, 2.24) is 4.98 Å². The molecule has 0 amide bonds. The van der Waals surface area contributed by atoms with Gasteiger partial charge in [0.1, 0.15) is 4.60 Å². The van der Waals surface area contributed by atoms with E-state index >= 15 is 0 Å². The van der Waals surface area contributed by atoms with Crippen LogP contribution < -0.4 is 0 Å². The Kier molecular flexibility index (Phi) is 2.50. The number of halogens is 3. The Labute approximate surface area is 74.7 Å². The lowest BCUT2D eigenvalue weighted by Crippen LogP contribution is -1.74. The Balaban J connectivity index is 3.17. The fourth-order valence-electron chi connectivity index (χ4n) is 0.391. The molecule has 48 valence electrons. The van der Waals surface area contributed by atoms with Crippen molar-refractivity contribution < 1.29 is 0 Å². The van der Waals surface area contributed by atoms with E-state index in [0.29, 0.717) is 5.02 Å². The maximum atomic E-state index is 5.70. The van der Waals surface area contributed by atoms with Gasteiger partial charge in [-0.3, -0.25) is 0 Å². The first kappa shape index (κ1) is 7.51. The average Bonchev–Trinajstić information content (AvgIpc) is 1.80. The van der Waals surface area contributed by atoms with E-state index in [0.717, 1.165) is 9.08 Å². The molecule has 1 heterocycles. The van der Waals surface area contributed by atoms with Gasteiger partial charge in [0, 0.05) is 6.20 Å². The first-order chi connectivity index (χ1) is 4.20. The number of rotatable bonds is 0. The van der Waals surface area contributed by atoms with E-state index in [9.17, 15) is 0 Å². The largest absolute Gasteiger partial charge is 0.248 e. The molecule has 9 heavy (non-hydrogen) atoms. The van der Waals surface area contributed by atoms with Crippen LogP contribution in [0.5, 0.6) is 0 Å². The summed E-state index contributed by atoms with van der Waals surface area (Å²) in [5, 5.41) is 0.664. The van der Waals surface area contributed by atoms with Gasteiger partial charge in [0.05, 0.1) is 9.50 Å². The van der Waals surface area contributed by atoms with Gasteiger partial charge < -0.3 is 0 Å². The molecule has 0 aliphatic rings. The molecule has 0 fully saturated rings. The number of pyridine rings is 1. The predicted molar refractivity (Wildman–Crippen MR) is 44.6 cm³/mol. The Hall–Kier alpha value is 0.400. The summed E-state index contributed by atoms with van der Waals surface area (Å²) in [6.45, 7) is 0. The molecule has 0 bridgehead atoms. The van der Waals surface area contributed by atoms with E-state index in [1.54, 1.807) is 12.3 Å². The van der Waals surface area contributed by atoms with Crippen LogP contribution in [0.4, 0.5) is 0 Å². The highest BCUT2D eigenvalue weighted by molar-refractivity contribution is 9.11. The van der Waals surface area contributed by atoms with Gasteiger partial charge in [-0.15, -0.1) is 0 Å². The van der Waals surface area contributed by atoms with Crippen LogP contribution in [0.15, 0.2) is 21.3 Å². The van der Waals surface area contributed by atoms with Crippen LogP contribution in [-0.4, -0.2) is 4.98 Å². The van der Waals surface area contributed by atoms with Crippen LogP contribution in [0.3, 0.4) is 0 Å². The van der Waals surface area contributed by atoms with Gasteiger partial charge in [-0.2, -0.15) is 0 Å². The molecule has 1 rings (SSSR count). The molecule has 0 aliphatic carbocycles. The highest BCUT2D eigenvalue weighted by atomic mass is 79.9. The lowest BCUT2D eigenvalue weighted by molar-refractivity contribution is 1.26. The lowest BCUT2D eigenvalue weighted by Gasteiger charge is -1.92. The quantitative estimate of drug-likeness (QED) is 0.660. The summed E-state index contributed by atoms with van der Waals surface area (Å²) in [6.07, 6.45) is 1.65. The molecule has 0 atom stereocenters. The second-order valence-electron chi connectivity index (χ2n) is 1.42. The zero-order valence-corrected chi connectivity index (χ0v) is 8.16. The minimum absolute atomic E-state index is 0.664. The molecule has 0 spiro atoms. The predicted octanol–water partition coefficient (Wildman–Crippen LogP) is 3.26. The first-order valence-corrected chi connectivity index (χ1v) is 4.13. The Morgan fingerprint density at radius 2 is 2.11 bits per heavy atom. The smallest absolute Gasteiger partial charge is 0.107 e. The highest BCUT2D eigenvalue weighted by Gasteiger charge is 1.95. The van der Waals surface area contributed by atoms with Crippen molar-refractivity contribution in [3.63, 3.8) is 0 Å². The Morgan fingerprint density at radius 1 is 1.44 bits per heavy atom. The number of aromatic nitrogens is 1. The summed E-state index contributed by atoms with van der Waals surface area (Å²) in [6, 6.07) is 1.73. The molecular formula is C5H2Br2ClN. The van der Waals surface area contributed by atoms with Crippen LogP contribution in [-0.2, 0) is 0 Å². The Bertz CT molecular complexity index is 226. The number of hydrogen-bond acceptors (Lipinski definition) is 1. The zero-order valence-electron chi connectivity index (χ0n) is 4.24. The third-order valence-corrected chi connectivity index (χ3v) is 2.38. The van der Waals surface area contributed by atoms with Gasteiger partial charge in [0.15, 0.2) is 0 Å². The van der Waals surface area contributed by atoms with Crippen LogP contribution in [0.25, 0.3) is 0 Å². The van der Waals surface area contributed by atoms with E-state index in [-0.39, 0.29) is 0 Å². The molecule has 1 aromatic rings. The summed E-state index contributed by atoms with van der Waals surface area (Å²) in [4.78, 5) is 3.92. The molecule has 0 aromatic carbocycles. The van der Waals surface area contributed by atoms with E-state index in [4.69, 9.17) is 11.6 Å². The molecule has 0 aliphatic heterocycles. The normalized spacial score (nSPS) is 9.67. The standard InChI is InChI=1S/C5H2Br2ClN/c6-3-2-9-5(7)1-4(3)8/h1-2H. The molecule has 4 heteroatoms. The first-order valence-electron chi connectivity index (χ1n) is 2.16. The second kappa shape index (κ2) is 2.99. The fraction of sp³-hybridized carbons (Fsp3) is 0. The Morgan fingerprint density at radius 3 is 2.56 bits per heavy atom. The topological polar surface area (TPSA) is 12.9 Å². The van der Waals surface area contributed by atoms with Gasteiger partial charge >= 0.3 is 0 Å². The maximum absolute atomic E-state index is 5.70. The SMILES string of the molecule is Clc1cc(Br)ncc1Br. The third kappa shape index (κ3) is 1.92. The zero-order chi connectivity index (χ0) is 6.85. The summed E-state index contributed by atoms with van der Waals surface area (Å²) in [7, 11) is 0. The molecular weight excluding hydrogens is 269 g/mol. The molecule has 1 nitrogen and oxygen atoms in total. The van der Waals surface area contributed by atoms with Gasteiger partial charge in [0.25, 0.3) is 0 Å². The van der Waals surface area contributed by atoms with Crippen molar-refractivity contribution in [2.75, 3.05) is 0 Å². The van der Waals surface area contributed by atoms with Crippen molar-refractivity contribution in [2.24, 2.45) is 0 Å². The molecule has 0 saturated carbocycles. The summed E-state index contributed by atoms with van der Waals surface area (Å²) in [5.41, 5.74) is 0. The van der Waals surface area contributed by atoms with Crippen molar-refractivity contribution in [1.29, 1.82) is 0 Å². The van der Waals surface area contributed by atoms with E-state index < -0.39 is 0 Å². The van der Waals surface area contributed by atoms with Gasteiger partial charge in [-0.1, -0.05) is 11.6 Å². The van der Waals surface area contributed by atoms with E-state index in [2.05, 4.69) is 36.8 Å². The molecule has 1 aromatic heterocycles. The minimum atomic E-state index is 0.664. The fourth-order valence-corrected chi connectivity index (χ4v) is 1.22. The van der Waals surface area contributed by atoms with E-state index in [1.807, 2.05) is 0 Å². The maximum Gasteiger partial charge on any atom is 0.107 e. The number of nitrogens with zero attached hydrogens (tertiary/aromatic N) is 1. The van der Waals surface area contributed by atoms with Gasteiger partial charge in [0.2, 0.25) is 0 Å². The lowest BCUT2D eigenvalue weighted by atomic mass is 10.5. The molecule has 0 saturated heterocycles. The minimum Gasteiger partial charge on any atom is -0.248 e. The summed E-state index contributed by atoms with van der Waals surface area (Å²) >= 11 is 12.1.